The molecule has 0 atom stereocenters. The minimum Gasteiger partial charge on any atom is -0.355 e. The van der Waals surface area contributed by atoms with Gasteiger partial charge in [-0.15, -0.1) is 0 Å². The number of amides is 1. The topological polar surface area (TPSA) is 58.1 Å². The maximum absolute atomic E-state index is 12.4. The summed E-state index contributed by atoms with van der Waals surface area (Å²) >= 11 is 12.0. The zero-order valence-electron chi connectivity index (χ0n) is 13.1. The number of nitrogens with one attached hydrogen (secondary N) is 1. The molecule has 5 nitrogen and oxygen atoms in total. The Morgan fingerprint density at radius 2 is 2.04 bits per heavy atom. The molecule has 0 spiro atoms. The van der Waals surface area contributed by atoms with Crippen LogP contribution in [0.5, 0.6) is 0 Å². The summed E-state index contributed by atoms with van der Waals surface area (Å²) < 4.78 is 0. The Hall–Kier alpha value is -1.85. The molecule has 1 amide bonds. The van der Waals surface area contributed by atoms with Gasteiger partial charge in [-0.25, -0.2) is 4.98 Å². The molecular weight excluding hydrogens is 347 g/mol. The van der Waals surface area contributed by atoms with Gasteiger partial charge in [-0.2, -0.15) is 0 Å². The summed E-state index contributed by atoms with van der Waals surface area (Å²) in [6, 6.07) is 5.29. The molecule has 7 heteroatoms. The first-order chi connectivity index (χ1) is 11.6. The van der Waals surface area contributed by atoms with Crippen molar-refractivity contribution < 1.29 is 4.79 Å². The number of aromatic nitrogens is 2. The van der Waals surface area contributed by atoms with E-state index in [-0.39, 0.29) is 11.8 Å². The molecule has 1 N–H and O–H groups in total. The first-order valence-corrected chi connectivity index (χ1v) is 8.61. The number of nitrogens with zero attached hydrogens (tertiary/aromatic N) is 3. The lowest BCUT2D eigenvalue weighted by atomic mass is 9.96. The highest BCUT2D eigenvalue weighted by atomic mass is 35.5. The molecule has 2 aromatic rings. The van der Waals surface area contributed by atoms with Crippen LogP contribution in [-0.4, -0.2) is 29.0 Å². The third-order valence-corrected chi connectivity index (χ3v) is 4.79. The highest BCUT2D eigenvalue weighted by Crippen LogP contribution is 2.23. The Bertz CT molecular complexity index is 703. The van der Waals surface area contributed by atoms with Crippen molar-refractivity contribution in [3.63, 3.8) is 0 Å². The Morgan fingerprint density at radius 1 is 1.25 bits per heavy atom. The number of rotatable bonds is 4. The summed E-state index contributed by atoms with van der Waals surface area (Å²) in [4.78, 5) is 22.9. The molecule has 126 valence electrons. The average Bonchev–Trinajstić information content (AvgIpc) is 2.62. The maximum Gasteiger partial charge on any atom is 0.223 e. The minimum absolute atomic E-state index is 0.0176. The molecule has 3 rings (SSSR count). The average molecular weight is 365 g/mol. The molecule has 0 saturated carbocycles. The molecule has 1 aliphatic heterocycles. The smallest absolute Gasteiger partial charge is 0.223 e. The van der Waals surface area contributed by atoms with Gasteiger partial charge in [0.15, 0.2) is 0 Å². The van der Waals surface area contributed by atoms with E-state index in [4.69, 9.17) is 23.2 Å². The predicted molar refractivity (Wildman–Crippen MR) is 95.3 cm³/mol. The van der Waals surface area contributed by atoms with Gasteiger partial charge in [0.1, 0.15) is 5.82 Å². The van der Waals surface area contributed by atoms with Gasteiger partial charge >= 0.3 is 0 Å². The summed E-state index contributed by atoms with van der Waals surface area (Å²) in [6.45, 7) is 2.02. The number of hydrogen-bond donors (Lipinski definition) is 1. The summed E-state index contributed by atoms with van der Waals surface area (Å²) in [6.07, 6.45) is 6.70. The van der Waals surface area contributed by atoms with Crippen LogP contribution in [0.25, 0.3) is 0 Å². The van der Waals surface area contributed by atoms with Crippen molar-refractivity contribution in [2.45, 2.75) is 19.4 Å². The SMILES string of the molecule is O=C(NCc1ccc(Cl)cc1Cl)C1CCN(c2cnccn2)CC1. The van der Waals surface area contributed by atoms with E-state index in [2.05, 4.69) is 20.2 Å². The third-order valence-electron chi connectivity index (χ3n) is 4.21. The number of halogens is 2. The second kappa shape index (κ2) is 7.81. The molecule has 0 aliphatic carbocycles. The van der Waals surface area contributed by atoms with Crippen molar-refractivity contribution >= 4 is 34.9 Å². The van der Waals surface area contributed by atoms with Gasteiger partial charge < -0.3 is 10.2 Å². The zero-order chi connectivity index (χ0) is 16.9. The summed E-state index contributed by atoms with van der Waals surface area (Å²) in [5, 5.41) is 4.13. The lowest BCUT2D eigenvalue weighted by molar-refractivity contribution is -0.125. The second-order valence-electron chi connectivity index (χ2n) is 5.78. The van der Waals surface area contributed by atoms with E-state index in [0.29, 0.717) is 16.6 Å². The number of anilines is 1. The highest BCUT2D eigenvalue weighted by molar-refractivity contribution is 6.35. The Morgan fingerprint density at radius 3 is 2.71 bits per heavy atom. The van der Waals surface area contributed by atoms with E-state index in [1.807, 2.05) is 6.07 Å². The number of benzene rings is 1. The lowest BCUT2D eigenvalue weighted by Crippen LogP contribution is -2.40. The third kappa shape index (κ3) is 4.16. The number of hydrogen-bond acceptors (Lipinski definition) is 4. The van der Waals surface area contributed by atoms with E-state index >= 15 is 0 Å². The van der Waals surface area contributed by atoms with Crippen LogP contribution in [0.1, 0.15) is 18.4 Å². The summed E-state index contributed by atoms with van der Waals surface area (Å²) in [5.41, 5.74) is 0.867. The van der Waals surface area contributed by atoms with Crippen LogP contribution in [0.15, 0.2) is 36.8 Å². The number of piperidine rings is 1. The van der Waals surface area contributed by atoms with Gasteiger partial charge in [0.2, 0.25) is 5.91 Å². The fourth-order valence-corrected chi connectivity index (χ4v) is 3.29. The molecule has 1 saturated heterocycles. The summed E-state index contributed by atoms with van der Waals surface area (Å²) in [7, 11) is 0. The van der Waals surface area contributed by atoms with Gasteiger partial charge in [-0.3, -0.25) is 9.78 Å². The molecule has 24 heavy (non-hydrogen) atoms. The Labute approximate surface area is 151 Å². The van der Waals surface area contributed by atoms with Gasteiger partial charge in [0, 0.05) is 48.0 Å². The molecule has 0 bridgehead atoms. The second-order valence-corrected chi connectivity index (χ2v) is 6.62. The molecule has 1 aliphatic rings. The molecule has 2 heterocycles. The van der Waals surface area contributed by atoms with Gasteiger partial charge in [-0.1, -0.05) is 29.3 Å². The first-order valence-electron chi connectivity index (χ1n) is 7.86. The van der Waals surface area contributed by atoms with Gasteiger partial charge in [-0.05, 0) is 30.5 Å². The molecule has 1 fully saturated rings. The zero-order valence-corrected chi connectivity index (χ0v) is 14.6. The fraction of sp³-hybridized carbons (Fsp3) is 0.353. The normalized spacial score (nSPS) is 15.3. The molecular formula is C17H18Cl2N4O. The Kier molecular flexibility index (Phi) is 5.53. The van der Waals surface area contributed by atoms with E-state index in [0.717, 1.165) is 37.3 Å². The number of carbonyl (C=O) groups excluding carboxylic acids is 1. The van der Waals surface area contributed by atoms with E-state index in [1.165, 1.54) is 0 Å². The van der Waals surface area contributed by atoms with Crippen LogP contribution >= 0.6 is 23.2 Å². The van der Waals surface area contributed by atoms with Crippen LogP contribution < -0.4 is 10.2 Å². The van der Waals surface area contributed by atoms with Crippen molar-refractivity contribution in [1.29, 1.82) is 0 Å². The monoisotopic (exact) mass is 364 g/mol. The maximum atomic E-state index is 12.4. The van der Waals surface area contributed by atoms with E-state index in [1.54, 1.807) is 30.7 Å². The summed E-state index contributed by atoms with van der Waals surface area (Å²) in [5.74, 6) is 0.952. The van der Waals surface area contributed by atoms with E-state index in [9.17, 15) is 4.79 Å². The first kappa shape index (κ1) is 17.0. The van der Waals surface area contributed by atoms with E-state index < -0.39 is 0 Å². The van der Waals surface area contributed by atoms with Gasteiger partial charge in [0.25, 0.3) is 0 Å². The van der Waals surface area contributed by atoms with Crippen LogP contribution in [-0.2, 0) is 11.3 Å². The van der Waals surface area contributed by atoms with Crippen LogP contribution in [0.3, 0.4) is 0 Å². The lowest BCUT2D eigenvalue weighted by Gasteiger charge is -2.31. The van der Waals surface area contributed by atoms with Crippen molar-refractivity contribution in [3.05, 3.63) is 52.4 Å². The largest absolute Gasteiger partial charge is 0.355 e. The van der Waals surface area contributed by atoms with Crippen LogP contribution in [0, 0.1) is 5.92 Å². The highest BCUT2D eigenvalue weighted by Gasteiger charge is 2.25. The standard InChI is InChI=1S/C17H18Cl2N4O/c18-14-2-1-13(15(19)9-14)10-22-17(24)12-3-7-23(8-4-12)16-11-20-5-6-21-16/h1-2,5-6,9,11-12H,3-4,7-8,10H2,(H,22,24). The van der Waals surface area contributed by atoms with Crippen molar-refractivity contribution in [3.8, 4) is 0 Å². The number of carbonyl (C=O) groups is 1. The molecule has 1 aromatic heterocycles. The van der Waals surface area contributed by atoms with Crippen LogP contribution in [0.4, 0.5) is 5.82 Å². The molecule has 0 unspecified atom stereocenters. The quantitative estimate of drug-likeness (QED) is 0.903. The molecule has 1 aromatic carbocycles. The van der Waals surface area contributed by atoms with Crippen molar-refractivity contribution in [2.75, 3.05) is 18.0 Å². The minimum atomic E-state index is 0.0176. The van der Waals surface area contributed by atoms with Gasteiger partial charge in [0.05, 0.1) is 6.20 Å². The predicted octanol–water partition coefficient (Wildman–Crippen LogP) is 3.32. The molecule has 0 radical (unpaired) electrons. The fourth-order valence-electron chi connectivity index (χ4n) is 2.82. The van der Waals surface area contributed by atoms with Crippen LogP contribution in [0.2, 0.25) is 10.0 Å². The van der Waals surface area contributed by atoms with Crippen molar-refractivity contribution in [1.82, 2.24) is 15.3 Å². The Balaban J connectivity index is 1.50. The van der Waals surface area contributed by atoms with Crippen molar-refractivity contribution in [2.24, 2.45) is 5.92 Å².